The van der Waals surface area contributed by atoms with E-state index in [9.17, 15) is 0 Å². The predicted octanol–water partition coefficient (Wildman–Crippen LogP) is 2.61. The quantitative estimate of drug-likeness (QED) is 0.552. The Morgan fingerprint density at radius 2 is 1.46 bits per heavy atom. The van der Waals surface area contributed by atoms with E-state index >= 15 is 0 Å². The van der Waals surface area contributed by atoms with Crippen molar-refractivity contribution in [3.63, 3.8) is 0 Å². The monoisotopic (exact) mass is 426 g/mol. The van der Waals surface area contributed by atoms with Gasteiger partial charge in [-0.1, -0.05) is 0 Å². The summed E-state index contributed by atoms with van der Waals surface area (Å²) in [5.41, 5.74) is 0. The van der Waals surface area contributed by atoms with Crippen molar-refractivity contribution in [2.45, 2.75) is 50.6 Å². The second-order valence-corrected chi connectivity index (χ2v) is 14.6. The number of piperazine rings is 1. The van der Waals surface area contributed by atoms with Crippen molar-refractivity contribution in [1.29, 1.82) is 0 Å². The molecule has 0 aromatic heterocycles. The highest BCUT2D eigenvalue weighted by Crippen LogP contribution is 2.75. The SMILES string of the molecule is CC[NH+]1CCN(C(=S)N=P(N(C)C)(N(C)C)C23CC4CC(CC(C4)C2)C3)CC1. The third kappa shape index (κ3) is 3.41. The van der Waals surface area contributed by atoms with Crippen LogP contribution < -0.4 is 4.90 Å². The van der Waals surface area contributed by atoms with E-state index in [1.165, 1.54) is 58.2 Å². The summed E-state index contributed by atoms with van der Waals surface area (Å²) in [4.78, 5) is 4.10. The summed E-state index contributed by atoms with van der Waals surface area (Å²) in [7, 11) is 7.22. The van der Waals surface area contributed by atoms with Crippen LogP contribution in [0.15, 0.2) is 4.74 Å². The molecule has 0 aromatic rings. The summed E-state index contributed by atoms with van der Waals surface area (Å²) in [6, 6.07) is 0. The maximum atomic E-state index is 6.01. The van der Waals surface area contributed by atoms with Crippen LogP contribution in [0.5, 0.6) is 0 Å². The lowest BCUT2D eigenvalue weighted by Crippen LogP contribution is -3.14. The van der Waals surface area contributed by atoms with E-state index in [4.69, 9.17) is 17.0 Å². The Hall–Kier alpha value is 0.0000000000000000139. The van der Waals surface area contributed by atoms with Crippen molar-refractivity contribution in [2.75, 3.05) is 60.9 Å². The molecule has 1 N–H and O–H groups in total. The van der Waals surface area contributed by atoms with Gasteiger partial charge < -0.3 is 9.80 Å². The van der Waals surface area contributed by atoms with Gasteiger partial charge in [0, 0.05) is 5.16 Å². The van der Waals surface area contributed by atoms with Gasteiger partial charge in [-0.25, -0.2) is 4.74 Å². The van der Waals surface area contributed by atoms with Gasteiger partial charge in [-0.2, -0.15) is 0 Å². The fraction of sp³-hybridized carbons (Fsp3) is 0.952. The van der Waals surface area contributed by atoms with E-state index in [1.807, 2.05) is 0 Å². The minimum Gasteiger partial charge on any atom is -0.336 e. The van der Waals surface area contributed by atoms with Gasteiger partial charge in [0.05, 0.1) is 32.7 Å². The van der Waals surface area contributed by atoms with Crippen molar-refractivity contribution < 1.29 is 4.90 Å². The number of hydrogen-bond donors (Lipinski definition) is 1. The van der Waals surface area contributed by atoms with Crippen molar-refractivity contribution in [3.8, 4) is 0 Å². The van der Waals surface area contributed by atoms with Crippen LogP contribution in [0.25, 0.3) is 0 Å². The molecule has 0 atom stereocenters. The Bertz CT molecular complexity index is 606. The largest absolute Gasteiger partial charge is 0.336 e. The van der Waals surface area contributed by atoms with E-state index in [0.717, 1.165) is 36.0 Å². The van der Waals surface area contributed by atoms with E-state index in [2.05, 4.69) is 49.4 Å². The van der Waals surface area contributed by atoms with Gasteiger partial charge in [0.15, 0.2) is 5.11 Å². The molecule has 1 saturated heterocycles. The number of thiocarbonyl (C=S) groups is 1. The number of quaternary nitrogens is 1. The van der Waals surface area contributed by atoms with Crippen LogP contribution in [-0.4, -0.2) is 85.4 Å². The number of rotatable bonds is 4. The lowest BCUT2D eigenvalue weighted by atomic mass is 9.56. The molecular formula is C21H41N5PS+. The molecule has 5 nitrogen and oxygen atoms in total. The first-order chi connectivity index (χ1) is 13.3. The highest BCUT2D eigenvalue weighted by Gasteiger charge is 2.59. The third-order valence-corrected chi connectivity index (χ3v) is 13.2. The van der Waals surface area contributed by atoms with Crippen LogP contribution in [0.2, 0.25) is 0 Å². The lowest BCUT2D eigenvalue weighted by molar-refractivity contribution is -0.902. The summed E-state index contributed by atoms with van der Waals surface area (Å²) in [5.74, 6) is 2.81. The first-order valence-corrected chi connectivity index (χ1v) is 13.5. The summed E-state index contributed by atoms with van der Waals surface area (Å²) in [6.45, 7) is 8.02. The van der Waals surface area contributed by atoms with Crippen LogP contribution in [-0.2, 0) is 0 Å². The molecule has 4 bridgehead atoms. The van der Waals surface area contributed by atoms with Crippen molar-refractivity contribution in [2.24, 2.45) is 22.5 Å². The second kappa shape index (κ2) is 7.92. The average molecular weight is 427 g/mol. The first-order valence-electron chi connectivity index (χ1n) is 11.4. The Labute approximate surface area is 178 Å². The molecule has 0 amide bonds. The molecule has 7 heteroatoms. The van der Waals surface area contributed by atoms with E-state index in [-0.39, 0.29) is 0 Å². The smallest absolute Gasteiger partial charge is 0.196 e. The Morgan fingerprint density at radius 1 is 1.00 bits per heavy atom. The van der Waals surface area contributed by atoms with Crippen molar-refractivity contribution in [1.82, 2.24) is 14.2 Å². The van der Waals surface area contributed by atoms with Gasteiger partial charge in [-0.3, -0.25) is 9.34 Å². The zero-order chi connectivity index (χ0) is 20.1. The molecule has 4 saturated carbocycles. The Kier molecular flexibility index (Phi) is 6.01. The molecule has 1 aliphatic heterocycles. The normalized spacial score (nSPS) is 35.8. The summed E-state index contributed by atoms with van der Waals surface area (Å²) < 4.78 is 10.6. The molecule has 0 spiro atoms. The Morgan fingerprint density at radius 3 is 1.86 bits per heavy atom. The average Bonchev–Trinajstić information content (AvgIpc) is 2.64. The zero-order valence-electron chi connectivity index (χ0n) is 18.7. The maximum absolute atomic E-state index is 6.01. The summed E-state index contributed by atoms with van der Waals surface area (Å²) >= 11 is 6.01. The van der Waals surface area contributed by atoms with Gasteiger partial charge >= 0.3 is 0 Å². The van der Waals surface area contributed by atoms with Gasteiger partial charge in [0.2, 0.25) is 0 Å². The van der Waals surface area contributed by atoms with E-state index < -0.39 is 7.36 Å². The van der Waals surface area contributed by atoms with Crippen LogP contribution in [0.3, 0.4) is 0 Å². The molecule has 5 fully saturated rings. The van der Waals surface area contributed by atoms with E-state index in [1.54, 1.807) is 4.90 Å². The summed E-state index contributed by atoms with van der Waals surface area (Å²) in [6.07, 6.45) is 8.57. The fourth-order valence-corrected chi connectivity index (χ4v) is 12.9. The summed E-state index contributed by atoms with van der Waals surface area (Å²) in [5, 5.41) is 1.25. The zero-order valence-corrected chi connectivity index (χ0v) is 20.4. The van der Waals surface area contributed by atoms with Crippen LogP contribution in [0.1, 0.15) is 45.4 Å². The maximum Gasteiger partial charge on any atom is 0.196 e. The first kappa shape index (κ1) is 21.2. The van der Waals surface area contributed by atoms with Gasteiger partial charge in [0.1, 0.15) is 7.36 Å². The molecule has 0 unspecified atom stereocenters. The molecule has 28 heavy (non-hydrogen) atoms. The number of hydrogen-bond acceptors (Lipinski definition) is 1. The lowest BCUT2D eigenvalue weighted by Gasteiger charge is -2.63. The number of nitrogens with one attached hydrogen (secondary N) is 1. The van der Waals surface area contributed by atoms with Gasteiger partial charge in [-0.05, 0) is 104 Å². The highest BCUT2D eigenvalue weighted by molar-refractivity contribution is 7.81. The van der Waals surface area contributed by atoms with Gasteiger partial charge in [-0.15, -0.1) is 0 Å². The molecule has 0 radical (unpaired) electrons. The molecular weight excluding hydrogens is 385 g/mol. The standard InChI is InChI=1S/C21H40N5PS/c1-6-25-7-9-26(10-8-25)20(28)22-27(23(2)3,24(4)5)21-14-17-11-18(15-21)13-19(12-17)16-21/h17-19H,6-16H2,1-5H3/p+1. The Balaban J connectivity index is 1.69. The third-order valence-electron chi connectivity index (χ3n) is 8.22. The van der Waals surface area contributed by atoms with Crippen molar-refractivity contribution in [3.05, 3.63) is 0 Å². The van der Waals surface area contributed by atoms with Crippen LogP contribution in [0, 0.1) is 17.8 Å². The van der Waals surface area contributed by atoms with Crippen molar-refractivity contribution >= 4 is 24.7 Å². The van der Waals surface area contributed by atoms with Gasteiger partial charge in [0.25, 0.3) is 0 Å². The number of nitrogens with zero attached hydrogens (tertiary/aromatic N) is 4. The van der Waals surface area contributed by atoms with Crippen LogP contribution >= 0.6 is 19.6 Å². The molecule has 160 valence electrons. The molecule has 5 rings (SSSR count). The van der Waals surface area contributed by atoms with E-state index in [0.29, 0.717) is 5.16 Å². The molecule has 5 aliphatic rings. The second-order valence-electron chi connectivity index (χ2n) is 10.4. The predicted molar refractivity (Wildman–Crippen MR) is 123 cm³/mol. The highest BCUT2D eigenvalue weighted by atomic mass is 32.1. The fourth-order valence-electron chi connectivity index (χ4n) is 7.47. The topological polar surface area (TPSA) is 26.5 Å². The number of likely N-dealkylation sites (N-methyl/N-ethyl adjacent to an activating group) is 1. The van der Waals surface area contributed by atoms with Crippen LogP contribution in [0.4, 0.5) is 0 Å². The minimum atomic E-state index is -1.88. The molecule has 0 aromatic carbocycles. The minimum absolute atomic E-state index is 0.356. The molecule has 4 aliphatic carbocycles. The molecule has 1 heterocycles.